The van der Waals surface area contributed by atoms with Crippen molar-refractivity contribution in [3.05, 3.63) is 42.5 Å². The van der Waals surface area contributed by atoms with E-state index in [0.29, 0.717) is 5.41 Å². The van der Waals surface area contributed by atoms with E-state index in [9.17, 15) is 0 Å². The summed E-state index contributed by atoms with van der Waals surface area (Å²) >= 11 is 0. The lowest BCUT2D eigenvalue weighted by Crippen LogP contribution is -2.14. The van der Waals surface area contributed by atoms with Gasteiger partial charge in [0, 0.05) is 5.69 Å². The molecule has 2 N–H and O–H groups in total. The normalized spacial score (nSPS) is 14.2. The maximum Gasteiger partial charge on any atom is 0.0316 e. The van der Waals surface area contributed by atoms with E-state index in [4.69, 9.17) is 5.73 Å². The molecule has 1 heteroatoms. The summed E-state index contributed by atoms with van der Waals surface area (Å²) in [6.07, 6.45) is 7.98. The molecule has 0 aliphatic rings. The quantitative estimate of drug-likeness (QED) is 0.539. The van der Waals surface area contributed by atoms with Crippen molar-refractivity contribution >= 4 is 5.69 Å². The predicted octanol–water partition coefficient (Wildman–Crippen LogP) is 4.58. The standard InChI is InChI=1S/C16H25N/c1-4-11-16(3,5-2)12-7-9-14-8-6-10-15(17)13-14/h4,6,8,10,13H,1,5,7,9,11-12,17H2,2-3H3. The number of nitrogen functional groups attached to an aromatic ring is 1. The van der Waals surface area contributed by atoms with Crippen LogP contribution in [0, 0.1) is 5.41 Å². The summed E-state index contributed by atoms with van der Waals surface area (Å²) in [7, 11) is 0. The monoisotopic (exact) mass is 231 g/mol. The van der Waals surface area contributed by atoms with Crippen LogP contribution in [0.2, 0.25) is 0 Å². The van der Waals surface area contributed by atoms with Crippen LogP contribution in [0.4, 0.5) is 5.69 Å². The maximum atomic E-state index is 5.78. The van der Waals surface area contributed by atoms with Gasteiger partial charge in [-0.3, -0.25) is 0 Å². The summed E-state index contributed by atoms with van der Waals surface area (Å²) in [6, 6.07) is 8.22. The van der Waals surface area contributed by atoms with Crippen molar-refractivity contribution in [3.63, 3.8) is 0 Å². The first-order valence-corrected chi connectivity index (χ1v) is 6.55. The highest BCUT2D eigenvalue weighted by molar-refractivity contribution is 5.40. The Labute approximate surface area is 106 Å². The van der Waals surface area contributed by atoms with Crippen LogP contribution in [0.25, 0.3) is 0 Å². The fourth-order valence-corrected chi connectivity index (χ4v) is 2.24. The van der Waals surface area contributed by atoms with Gasteiger partial charge in [0.05, 0.1) is 0 Å². The zero-order chi connectivity index (χ0) is 12.7. The van der Waals surface area contributed by atoms with E-state index in [0.717, 1.165) is 18.5 Å². The van der Waals surface area contributed by atoms with Gasteiger partial charge in [0.2, 0.25) is 0 Å². The number of rotatable bonds is 7. The van der Waals surface area contributed by atoms with E-state index >= 15 is 0 Å². The largest absolute Gasteiger partial charge is 0.399 e. The molecule has 0 heterocycles. The number of hydrogen-bond donors (Lipinski definition) is 1. The molecule has 0 aromatic heterocycles. The van der Waals surface area contributed by atoms with Crippen molar-refractivity contribution in [3.8, 4) is 0 Å². The highest BCUT2D eigenvalue weighted by atomic mass is 14.5. The molecule has 0 spiro atoms. The lowest BCUT2D eigenvalue weighted by Gasteiger charge is -2.26. The molecule has 0 aliphatic carbocycles. The average molecular weight is 231 g/mol. The van der Waals surface area contributed by atoms with E-state index in [1.54, 1.807) is 0 Å². The van der Waals surface area contributed by atoms with Crippen molar-refractivity contribution < 1.29 is 0 Å². The molecule has 0 bridgehead atoms. The molecule has 1 aromatic carbocycles. The van der Waals surface area contributed by atoms with Crippen LogP contribution in [0.5, 0.6) is 0 Å². The molecule has 0 amide bonds. The Kier molecular flexibility index (Phi) is 5.27. The first-order chi connectivity index (χ1) is 8.09. The van der Waals surface area contributed by atoms with Crippen LogP contribution in [-0.4, -0.2) is 0 Å². The topological polar surface area (TPSA) is 26.0 Å². The van der Waals surface area contributed by atoms with Crippen molar-refractivity contribution in [1.29, 1.82) is 0 Å². The molecule has 1 atom stereocenters. The van der Waals surface area contributed by atoms with E-state index in [2.05, 4.69) is 32.6 Å². The van der Waals surface area contributed by atoms with Gasteiger partial charge in [0.1, 0.15) is 0 Å². The molecule has 1 unspecified atom stereocenters. The summed E-state index contributed by atoms with van der Waals surface area (Å²) in [5.74, 6) is 0. The van der Waals surface area contributed by atoms with E-state index in [-0.39, 0.29) is 0 Å². The molecule has 0 fully saturated rings. The summed E-state index contributed by atoms with van der Waals surface area (Å²) in [5, 5.41) is 0. The molecular weight excluding hydrogens is 206 g/mol. The third-order valence-corrected chi connectivity index (χ3v) is 3.69. The third kappa shape index (κ3) is 4.64. The second kappa shape index (κ2) is 6.48. The zero-order valence-corrected chi connectivity index (χ0v) is 11.2. The lowest BCUT2D eigenvalue weighted by molar-refractivity contribution is 0.281. The number of nitrogens with two attached hydrogens (primary N) is 1. The molecule has 1 aromatic rings. The SMILES string of the molecule is C=CCC(C)(CC)CCCc1cccc(N)c1. The Morgan fingerprint density at radius 1 is 1.41 bits per heavy atom. The fraction of sp³-hybridized carbons (Fsp3) is 0.500. The zero-order valence-electron chi connectivity index (χ0n) is 11.2. The van der Waals surface area contributed by atoms with Crippen molar-refractivity contribution in [1.82, 2.24) is 0 Å². The highest BCUT2D eigenvalue weighted by Crippen LogP contribution is 2.32. The van der Waals surface area contributed by atoms with Gasteiger partial charge >= 0.3 is 0 Å². The van der Waals surface area contributed by atoms with Gasteiger partial charge in [-0.25, -0.2) is 0 Å². The summed E-state index contributed by atoms with van der Waals surface area (Å²) < 4.78 is 0. The van der Waals surface area contributed by atoms with E-state index < -0.39 is 0 Å². The first-order valence-electron chi connectivity index (χ1n) is 6.55. The molecule has 0 aliphatic heterocycles. The highest BCUT2D eigenvalue weighted by Gasteiger charge is 2.19. The van der Waals surface area contributed by atoms with Crippen LogP contribution in [-0.2, 0) is 6.42 Å². The van der Waals surface area contributed by atoms with E-state index in [1.807, 2.05) is 18.2 Å². The summed E-state index contributed by atoms with van der Waals surface area (Å²) in [6.45, 7) is 8.48. The van der Waals surface area contributed by atoms with Crippen molar-refractivity contribution in [2.24, 2.45) is 5.41 Å². The van der Waals surface area contributed by atoms with Crippen LogP contribution < -0.4 is 5.73 Å². The third-order valence-electron chi connectivity index (χ3n) is 3.69. The van der Waals surface area contributed by atoms with Crippen LogP contribution in [0.15, 0.2) is 36.9 Å². The van der Waals surface area contributed by atoms with Gasteiger partial charge in [0.15, 0.2) is 0 Å². The van der Waals surface area contributed by atoms with Gasteiger partial charge < -0.3 is 5.73 Å². The Morgan fingerprint density at radius 2 is 2.18 bits per heavy atom. The first kappa shape index (κ1) is 13.8. The molecular formula is C16H25N. The fourth-order valence-electron chi connectivity index (χ4n) is 2.24. The van der Waals surface area contributed by atoms with Crippen LogP contribution in [0.1, 0.15) is 45.1 Å². The minimum Gasteiger partial charge on any atom is -0.399 e. The van der Waals surface area contributed by atoms with Gasteiger partial charge in [-0.2, -0.15) is 0 Å². The summed E-state index contributed by atoms with van der Waals surface area (Å²) in [4.78, 5) is 0. The number of hydrogen-bond acceptors (Lipinski definition) is 1. The summed E-state index contributed by atoms with van der Waals surface area (Å²) in [5.41, 5.74) is 8.41. The molecule has 1 nitrogen and oxygen atoms in total. The van der Waals surface area contributed by atoms with Crippen LogP contribution >= 0.6 is 0 Å². The predicted molar refractivity (Wildman–Crippen MR) is 77.0 cm³/mol. The molecule has 0 saturated carbocycles. The number of benzene rings is 1. The average Bonchev–Trinajstić information content (AvgIpc) is 2.29. The Morgan fingerprint density at radius 3 is 2.76 bits per heavy atom. The van der Waals surface area contributed by atoms with Gasteiger partial charge in [-0.05, 0) is 48.8 Å². The number of allylic oxidation sites excluding steroid dienone is 1. The Hall–Kier alpha value is -1.24. The van der Waals surface area contributed by atoms with Gasteiger partial charge in [0.25, 0.3) is 0 Å². The molecule has 1 rings (SSSR count). The molecule has 94 valence electrons. The molecule has 0 saturated heterocycles. The van der Waals surface area contributed by atoms with Crippen molar-refractivity contribution in [2.75, 3.05) is 5.73 Å². The second-order valence-electron chi connectivity index (χ2n) is 5.26. The Balaban J connectivity index is 2.43. The van der Waals surface area contributed by atoms with E-state index in [1.165, 1.54) is 24.8 Å². The van der Waals surface area contributed by atoms with Gasteiger partial charge in [-0.15, -0.1) is 6.58 Å². The lowest BCUT2D eigenvalue weighted by atomic mass is 9.79. The minimum absolute atomic E-state index is 0.419. The Bertz CT molecular complexity index is 356. The molecule has 17 heavy (non-hydrogen) atoms. The maximum absolute atomic E-state index is 5.78. The van der Waals surface area contributed by atoms with Crippen LogP contribution in [0.3, 0.4) is 0 Å². The van der Waals surface area contributed by atoms with Gasteiger partial charge in [-0.1, -0.05) is 38.5 Å². The number of aryl methyl sites for hydroxylation is 1. The smallest absolute Gasteiger partial charge is 0.0316 e. The van der Waals surface area contributed by atoms with Crippen molar-refractivity contribution in [2.45, 2.75) is 46.0 Å². The second-order valence-corrected chi connectivity index (χ2v) is 5.26. The molecule has 0 radical (unpaired) electrons. The number of anilines is 1. The minimum atomic E-state index is 0.419.